The van der Waals surface area contributed by atoms with Gasteiger partial charge in [0.1, 0.15) is 11.3 Å². The van der Waals surface area contributed by atoms with Gasteiger partial charge in [-0.05, 0) is 59.4 Å². The molecule has 1 aliphatic heterocycles. The summed E-state index contributed by atoms with van der Waals surface area (Å²) in [6.07, 6.45) is -4.45. The standard InChI is InChI=1S/C26H25N3O3.C2HF3O2/c1-16-27-24-13-21(12-23(26(31)32)25(24)28-16)19-7-5-18(6-8-19)20-4-2-3-17(11-20)14-29-10-9-22(30)15-29;3-2(4,5)1(6)7/h2-8,11-13,22,30H,9-10,14-15H2,1H3,(H,27,28)(H,31,32);(H,6,7)/t22-;/m1./s1. The molecular formula is C28H26F3N3O5. The lowest BCUT2D eigenvalue weighted by Gasteiger charge is -2.15. The Bertz CT molecular complexity index is 1500. The number of carboxylic acid groups (broad SMARTS) is 2. The molecule has 1 aromatic heterocycles. The normalized spacial score (nSPS) is 15.7. The first-order chi connectivity index (χ1) is 18.4. The summed E-state index contributed by atoms with van der Waals surface area (Å²) in [5, 5.41) is 26.5. The Labute approximate surface area is 221 Å². The molecule has 0 aliphatic carbocycles. The van der Waals surface area contributed by atoms with Crippen molar-refractivity contribution in [2.24, 2.45) is 0 Å². The third-order valence-corrected chi connectivity index (χ3v) is 6.31. The average molecular weight is 542 g/mol. The molecule has 0 amide bonds. The van der Waals surface area contributed by atoms with Crippen LogP contribution in [0.25, 0.3) is 33.3 Å². The number of aromatic carboxylic acids is 1. The number of hydrogen-bond acceptors (Lipinski definition) is 5. The van der Waals surface area contributed by atoms with Crippen molar-refractivity contribution in [3.8, 4) is 22.3 Å². The highest BCUT2D eigenvalue weighted by molar-refractivity contribution is 6.03. The lowest BCUT2D eigenvalue weighted by Crippen LogP contribution is -2.21. The summed E-state index contributed by atoms with van der Waals surface area (Å²) in [7, 11) is 0. The van der Waals surface area contributed by atoms with Crippen LogP contribution < -0.4 is 0 Å². The van der Waals surface area contributed by atoms with Crippen molar-refractivity contribution in [1.29, 1.82) is 0 Å². The van der Waals surface area contributed by atoms with Crippen molar-refractivity contribution < 1.29 is 38.1 Å². The molecule has 0 saturated carbocycles. The van der Waals surface area contributed by atoms with Crippen LogP contribution in [0.5, 0.6) is 0 Å². The number of H-pyrrole nitrogens is 1. The minimum atomic E-state index is -5.08. The number of likely N-dealkylation sites (tertiary alicyclic amines) is 1. The summed E-state index contributed by atoms with van der Waals surface area (Å²) in [6.45, 7) is 4.32. The number of halogens is 3. The summed E-state index contributed by atoms with van der Waals surface area (Å²) >= 11 is 0. The van der Waals surface area contributed by atoms with Crippen LogP contribution in [-0.4, -0.2) is 67.5 Å². The highest BCUT2D eigenvalue weighted by Gasteiger charge is 2.38. The molecule has 1 fully saturated rings. The largest absolute Gasteiger partial charge is 0.490 e. The predicted molar refractivity (Wildman–Crippen MR) is 138 cm³/mol. The minimum absolute atomic E-state index is 0.200. The van der Waals surface area contributed by atoms with Crippen LogP contribution >= 0.6 is 0 Å². The van der Waals surface area contributed by atoms with Crippen LogP contribution in [0.3, 0.4) is 0 Å². The van der Waals surface area contributed by atoms with Crippen LogP contribution in [0.1, 0.15) is 28.2 Å². The van der Waals surface area contributed by atoms with Gasteiger partial charge >= 0.3 is 18.1 Å². The van der Waals surface area contributed by atoms with Crippen LogP contribution in [0.4, 0.5) is 13.2 Å². The van der Waals surface area contributed by atoms with Crippen LogP contribution in [0.15, 0.2) is 60.7 Å². The van der Waals surface area contributed by atoms with E-state index in [1.54, 1.807) is 6.07 Å². The molecule has 204 valence electrons. The number of aryl methyl sites for hydroxylation is 1. The summed E-state index contributed by atoms with van der Waals surface area (Å²) < 4.78 is 31.7. The summed E-state index contributed by atoms with van der Waals surface area (Å²) in [4.78, 5) is 30.4. The quantitative estimate of drug-likeness (QED) is 0.277. The van der Waals surface area contributed by atoms with Gasteiger partial charge in [-0.15, -0.1) is 0 Å². The number of aliphatic carboxylic acids is 1. The van der Waals surface area contributed by atoms with Gasteiger partial charge in [0.25, 0.3) is 0 Å². The minimum Gasteiger partial charge on any atom is -0.478 e. The van der Waals surface area contributed by atoms with Crippen molar-refractivity contribution >= 4 is 23.0 Å². The number of nitrogens with zero attached hydrogens (tertiary/aromatic N) is 2. The number of fused-ring (bicyclic) bond motifs is 1. The van der Waals surface area contributed by atoms with E-state index in [2.05, 4.69) is 51.3 Å². The van der Waals surface area contributed by atoms with Crippen molar-refractivity contribution in [1.82, 2.24) is 14.9 Å². The third-order valence-electron chi connectivity index (χ3n) is 6.31. The van der Waals surface area contributed by atoms with Crippen LogP contribution in [-0.2, 0) is 11.3 Å². The lowest BCUT2D eigenvalue weighted by molar-refractivity contribution is -0.192. The van der Waals surface area contributed by atoms with E-state index in [9.17, 15) is 28.2 Å². The fraction of sp³-hybridized carbons (Fsp3) is 0.250. The molecule has 0 spiro atoms. The zero-order valence-corrected chi connectivity index (χ0v) is 20.9. The molecule has 4 N–H and O–H groups in total. The lowest BCUT2D eigenvalue weighted by atomic mass is 9.97. The Morgan fingerprint density at radius 3 is 2.21 bits per heavy atom. The number of aromatic nitrogens is 2. The second-order valence-electron chi connectivity index (χ2n) is 9.31. The molecule has 0 bridgehead atoms. The number of alkyl halides is 3. The number of aliphatic hydroxyl groups is 1. The zero-order chi connectivity index (χ0) is 28.3. The van der Waals surface area contributed by atoms with Crippen molar-refractivity contribution in [3.63, 3.8) is 0 Å². The molecule has 39 heavy (non-hydrogen) atoms. The monoisotopic (exact) mass is 541 g/mol. The first-order valence-electron chi connectivity index (χ1n) is 12.0. The van der Waals surface area contributed by atoms with Gasteiger partial charge in [0.05, 0.1) is 17.2 Å². The van der Waals surface area contributed by atoms with Gasteiger partial charge in [0, 0.05) is 19.6 Å². The smallest absolute Gasteiger partial charge is 0.478 e. The van der Waals surface area contributed by atoms with E-state index in [0.29, 0.717) is 11.3 Å². The average Bonchev–Trinajstić information content (AvgIpc) is 3.47. The van der Waals surface area contributed by atoms with E-state index in [1.165, 1.54) is 5.56 Å². The molecule has 1 saturated heterocycles. The van der Waals surface area contributed by atoms with E-state index in [-0.39, 0.29) is 11.7 Å². The van der Waals surface area contributed by atoms with Gasteiger partial charge in [0.2, 0.25) is 0 Å². The maximum absolute atomic E-state index is 11.7. The highest BCUT2D eigenvalue weighted by Crippen LogP contribution is 2.30. The number of carbonyl (C=O) groups is 2. The number of rotatable bonds is 5. The molecule has 5 rings (SSSR count). The Balaban J connectivity index is 0.000000448. The highest BCUT2D eigenvalue weighted by atomic mass is 19.4. The number of imidazole rings is 1. The Morgan fingerprint density at radius 1 is 1.00 bits per heavy atom. The van der Waals surface area contributed by atoms with Gasteiger partial charge < -0.3 is 20.3 Å². The van der Waals surface area contributed by atoms with Crippen molar-refractivity contribution in [2.45, 2.75) is 32.2 Å². The summed E-state index contributed by atoms with van der Waals surface area (Å²) in [5.41, 5.74) is 6.67. The predicted octanol–water partition coefficient (Wildman–Crippen LogP) is 5.10. The molecule has 4 aromatic rings. The molecule has 3 aromatic carbocycles. The zero-order valence-electron chi connectivity index (χ0n) is 20.9. The van der Waals surface area contributed by atoms with Crippen LogP contribution in [0, 0.1) is 6.92 Å². The Morgan fingerprint density at radius 2 is 1.64 bits per heavy atom. The Hall–Kier alpha value is -4.22. The SMILES string of the molecule is Cc1nc2c(C(=O)O)cc(-c3ccc(-c4cccc(CN5CC[C@@H](O)C5)c4)cc3)cc2[nH]1.O=C(O)C(F)(F)F. The van der Waals surface area contributed by atoms with E-state index in [4.69, 9.17) is 9.90 Å². The van der Waals surface area contributed by atoms with Crippen molar-refractivity contribution in [2.75, 3.05) is 13.1 Å². The summed E-state index contributed by atoms with van der Waals surface area (Å²) in [5.74, 6) is -3.05. The third kappa shape index (κ3) is 6.81. The molecule has 11 heteroatoms. The molecule has 8 nitrogen and oxygen atoms in total. The van der Waals surface area contributed by atoms with Gasteiger partial charge in [-0.1, -0.05) is 42.5 Å². The Kier molecular flexibility index (Phi) is 8.03. The molecule has 0 radical (unpaired) electrons. The second-order valence-corrected chi connectivity index (χ2v) is 9.31. The number of nitrogens with one attached hydrogen (secondary N) is 1. The first kappa shape index (κ1) is 27.8. The number of β-amino-alcohol motifs (C(OH)–C–C–N with tert-alkyl or cyclic N) is 1. The van der Waals surface area contributed by atoms with Crippen LogP contribution in [0.2, 0.25) is 0 Å². The van der Waals surface area contributed by atoms with E-state index >= 15 is 0 Å². The van der Waals surface area contributed by atoms with Gasteiger partial charge in [-0.3, -0.25) is 4.90 Å². The number of aromatic amines is 1. The molecule has 2 heterocycles. The molecule has 0 unspecified atom stereocenters. The summed E-state index contributed by atoms with van der Waals surface area (Å²) in [6, 6.07) is 20.3. The van der Waals surface area contributed by atoms with Gasteiger partial charge in [-0.2, -0.15) is 13.2 Å². The second kappa shape index (κ2) is 11.3. The van der Waals surface area contributed by atoms with E-state index in [0.717, 1.165) is 53.8 Å². The first-order valence-corrected chi connectivity index (χ1v) is 12.0. The topological polar surface area (TPSA) is 127 Å². The molecule has 1 aliphatic rings. The maximum atomic E-state index is 11.7. The van der Waals surface area contributed by atoms with E-state index in [1.807, 2.05) is 25.1 Å². The number of carboxylic acids is 2. The van der Waals surface area contributed by atoms with Crippen molar-refractivity contribution in [3.05, 3.63) is 77.6 Å². The fourth-order valence-electron chi connectivity index (χ4n) is 4.49. The number of aliphatic hydroxyl groups excluding tert-OH is 1. The van der Waals surface area contributed by atoms with Gasteiger partial charge in [-0.25, -0.2) is 14.6 Å². The molecular weight excluding hydrogens is 515 g/mol. The molecule has 1 atom stereocenters. The number of benzene rings is 3. The number of hydrogen-bond donors (Lipinski definition) is 4. The van der Waals surface area contributed by atoms with E-state index < -0.39 is 18.1 Å². The maximum Gasteiger partial charge on any atom is 0.490 e. The van der Waals surface area contributed by atoms with Gasteiger partial charge in [0.15, 0.2) is 0 Å². The fourth-order valence-corrected chi connectivity index (χ4v) is 4.49.